The minimum atomic E-state index is -3.08. The quantitative estimate of drug-likeness (QED) is 0.246. The number of nitrogens with one attached hydrogen (secondary N) is 1. The number of hydrogen-bond donors (Lipinski definition) is 2. The van der Waals surface area contributed by atoms with E-state index in [9.17, 15) is 27.9 Å². The summed E-state index contributed by atoms with van der Waals surface area (Å²) in [6, 6.07) is 9.43. The van der Waals surface area contributed by atoms with Gasteiger partial charge in [0, 0.05) is 36.7 Å². The van der Waals surface area contributed by atoms with Gasteiger partial charge in [0.25, 0.3) is 17.4 Å². The summed E-state index contributed by atoms with van der Waals surface area (Å²) in [6.07, 6.45) is 1.96. The number of rotatable bonds is 7. The highest BCUT2D eigenvalue weighted by Gasteiger charge is 2.60. The number of halogens is 3. The lowest BCUT2D eigenvalue weighted by Crippen LogP contribution is -2.48. The zero-order valence-corrected chi connectivity index (χ0v) is 24.4. The molecule has 0 unspecified atom stereocenters. The zero-order valence-electron chi connectivity index (χ0n) is 23.6. The van der Waals surface area contributed by atoms with Crippen molar-refractivity contribution in [3.8, 4) is 22.6 Å². The second-order valence-electron chi connectivity index (χ2n) is 11.5. The first-order chi connectivity index (χ1) is 19.0. The van der Waals surface area contributed by atoms with Gasteiger partial charge in [-0.1, -0.05) is 6.07 Å². The van der Waals surface area contributed by atoms with Crippen molar-refractivity contribution in [2.45, 2.75) is 64.5 Å². The largest absolute Gasteiger partial charge is 0.456 e. The Morgan fingerprint density at radius 2 is 1.71 bits per heavy atom. The smallest absolute Gasteiger partial charge is 0.268 e. The van der Waals surface area contributed by atoms with Gasteiger partial charge in [0.1, 0.15) is 27.6 Å². The lowest BCUT2D eigenvalue weighted by Gasteiger charge is -2.23. The van der Waals surface area contributed by atoms with E-state index in [0.29, 0.717) is 44.7 Å². The number of aryl methyl sites for hydroxylation is 3. The molecule has 1 saturated carbocycles. The molecule has 0 radical (unpaired) electrons. The van der Waals surface area contributed by atoms with E-state index in [-0.39, 0.29) is 33.8 Å². The van der Waals surface area contributed by atoms with Crippen molar-refractivity contribution in [1.29, 1.82) is 0 Å². The Balaban J connectivity index is 1.68. The van der Waals surface area contributed by atoms with Crippen molar-refractivity contribution in [2.24, 2.45) is 7.05 Å². The second kappa shape index (κ2) is 9.73. The Morgan fingerprint density at radius 3 is 2.27 bits per heavy atom. The molecule has 2 N–H and O–H groups in total. The number of amides is 1. The minimum absolute atomic E-state index is 0.131. The summed E-state index contributed by atoms with van der Waals surface area (Å²) in [5.74, 6) is -3.29. The molecule has 2 heterocycles. The maximum absolute atomic E-state index is 14.2. The summed E-state index contributed by atoms with van der Waals surface area (Å²) in [7, 11) is 1.58. The molecule has 10 heteroatoms. The van der Waals surface area contributed by atoms with E-state index in [2.05, 4.69) is 5.32 Å². The first-order valence-corrected chi connectivity index (χ1v) is 14.0. The second-order valence-corrected chi connectivity index (χ2v) is 12.5. The van der Waals surface area contributed by atoms with Crippen LogP contribution < -0.4 is 15.6 Å². The molecule has 6 nitrogen and oxygen atoms in total. The molecule has 0 saturated heterocycles. The molecule has 4 aromatic rings. The number of fused-ring (bicyclic) bond motifs is 1. The van der Waals surface area contributed by atoms with Crippen molar-refractivity contribution in [1.82, 2.24) is 9.88 Å². The first-order valence-electron chi connectivity index (χ1n) is 13.2. The molecule has 2 aromatic heterocycles. The van der Waals surface area contributed by atoms with Crippen LogP contribution >= 0.6 is 11.3 Å². The fourth-order valence-electron chi connectivity index (χ4n) is 5.01. The Morgan fingerprint density at radius 1 is 1.07 bits per heavy atom. The van der Waals surface area contributed by atoms with Crippen LogP contribution in [0.25, 0.3) is 21.2 Å². The average Bonchev–Trinajstić information content (AvgIpc) is 3.52. The van der Waals surface area contributed by atoms with Gasteiger partial charge in [-0.05, 0) is 87.6 Å². The molecule has 1 amide bonds. The van der Waals surface area contributed by atoms with Crippen molar-refractivity contribution < 1.29 is 27.8 Å². The van der Waals surface area contributed by atoms with Gasteiger partial charge in [0.2, 0.25) is 0 Å². The number of nitrogens with zero attached hydrogens (tertiary/aromatic N) is 1. The van der Waals surface area contributed by atoms with Crippen LogP contribution in [-0.2, 0) is 12.6 Å². The molecule has 1 aliphatic rings. The monoisotopic (exact) mass is 584 g/mol. The molecule has 1 fully saturated rings. The molecular formula is C31H31F3N2O4S. The summed E-state index contributed by atoms with van der Waals surface area (Å²) in [5.41, 5.74) is -0.331. The van der Waals surface area contributed by atoms with E-state index in [4.69, 9.17) is 4.74 Å². The highest BCUT2D eigenvalue weighted by Crippen LogP contribution is 2.48. The third kappa shape index (κ3) is 5.26. The number of carbonyl (C=O) groups is 1. The maximum atomic E-state index is 14.2. The van der Waals surface area contributed by atoms with Gasteiger partial charge >= 0.3 is 0 Å². The fraction of sp³-hybridized carbons (Fsp3) is 0.355. The summed E-state index contributed by atoms with van der Waals surface area (Å²) in [5, 5.41) is 13.7. The Kier molecular flexibility index (Phi) is 6.86. The van der Waals surface area contributed by atoms with Gasteiger partial charge in [0.15, 0.2) is 0 Å². The van der Waals surface area contributed by atoms with Crippen molar-refractivity contribution >= 4 is 27.3 Å². The van der Waals surface area contributed by atoms with E-state index in [1.54, 1.807) is 59.1 Å². The van der Waals surface area contributed by atoms with Gasteiger partial charge in [0.05, 0.1) is 10.5 Å². The number of thiophene rings is 1. The Hall–Kier alpha value is -3.63. The van der Waals surface area contributed by atoms with Crippen molar-refractivity contribution in [2.75, 3.05) is 0 Å². The summed E-state index contributed by atoms with van der Waals surface area (Å²) in [4.78, 5) is 26.4. The third-order valence-electron chi connectivity index (χ3n) is 7.64. The van der Waals surface area contributed by atoms with Gasteiger partial charge in [-0.3, -0.25) is 9.59 Å². The lowest BCUT2D eigenvalue weighted by molar-refractivity contribution is -0.0280. The van der Waals surface area contributed by atoms with Gasteiger partial charge in [-0.15, -0.1) is 11.3 Å². The van der Waals surface area contributed by atoms with Crippen LogP contribution in [0.15, 0.2) is 47.4 Å². The topological polar surface area (TPSA) is 80.6 Å². The summed E-state index contributed by atoms with van der Waals surface area (Å²) < 4.78 is 50.3. The molecular weight excluding hydrogens is 553 g/mol. The number of pyridine rings is 1. The molecule has 5 rings (SSSR count). The predicted molar refractivity (Wildman–Crippen MR) is 154 cm³/mol. The average molecular weight is 585 g/mol. The Bertz CT molecular complexity index is 1740. The number of ether oxygens (including phenoxy) is 1. The first kappa shape index (κ1) is 28.9. The Labute approximate surface area is 239 Å². The highest BCUT2D eigenvalue weighted by atomic mass is 32.1. The predicted octanol–water partition coefficient (Wildman–Crippen LogP) is 6.96. The fourth-order valence-corrected chi connectivity index (χ4v) is 6.07. The van der Waals surface area contributed by atoms with Crippen LogP contribution in [-0.4, -0.2) is 27.0 Å². The van der Waals surface area contributed by atoms with E-state index < -0.39 is 23.0 Å². The van der Waals surface area contributed by atoms with Crippen LogP contribution in [0, 0.1) is 19.7 Å². The van der Waals surface area contributed by atoms with Crippen molar-refractivity contribution in [3.63, 3.8) is 0 Å². The molecule has 2 aromatic carbocycles. The van der Waals surface area contributed by atoms with E-state index in [0.717, 1.165) is 18.3 Å². The van der Waals surface area contributed by atoms with Crippen LogP contribution in [0.4, 0.5) is 13.2 Å². The summed E-state index contributed by atoms with van der Waals surface area (Å²) in [6.45, 7) is 7.54. The molecule has 0 spiro atoms. The molecule has 0 atom stereocenters. The zero-order chi connectivity index (χ0) is 30.1. The SMILES string of the molecule is Cc1cc(F)cc(C)c1Oc1ccc(C(C)(C)O)cc1-c1cn(C)c(=O)c2sc(C(=O)NC3(C(C)(F)F)CC3)cc12. The molecule has 0 bridgehead atoms. The van der Waals surface area contributed by atoms with Crippen LogP contribution in [0.5, 0.6) is 11.5 Å². The van der Waals surface area contributed by atoms with Gasteiger partial charge in [-0.2, -0.15) is 0 Å². The number of hydrogen-bond acceptors (Lipinski definition) is 5. The van der Waals surface area contributed by atoms with Crippen LogP contribution in [0.3, 0.4) is 0 Å². The number of aliphatic hydroxyl groups is 1. The summed E-state index contributed by atoms with van der Waals surface area (Å²) >= 11 is 0.938. The number of carbonyl (C=O) groups excluding carboxylic acids is 1. The number of aromatic nitrogens is 1. The number of benzene rings is 2. The van der Waals surface area contributed by atoms with Crippen molar-refractivity contribution in [3.05, 3.63) is 80.3 Å². The van der Waals surface area contributed by atoms with Gasteiger partial charge in [-0.25, -0.2) is 13.2 Å². The molecule has 41 heavy (non-hydrogen) atoms. The molecule has 216 valence electrons. The number of alkyl halides is 2. The maximum Gasteiger partial charge on any atom is 0.268 e. The van der Waals surface area contributed by atoms with Crippen LogP contribution in [0.2, 0.25) is 0 Å². The van der Waals surface area contributed by atoms with E-state index in [1.807, 2.05) is 0 Å². The van der Waals surface area contributed by atoms with E-state index in [1.165, 1.54) is 22.8 Å². The standard InChI is InChI=1S/C31H31F3N2O4S/c1-16-11-19(32)12-17(2)25(16)40-23-8-7-18(29(3,4)39)13-20(23)22-15-36(6)28(38)26-21(22)14-24(41-26)27(37)35-31(9-10-31)30(5,33)34/h7-8,11-15,39H,9-10H2,1-6H3,(H,35,37). The lowest BCUT2D eigenvalue weighted by atomic mass is 9.93. The third-order valence-corrected chi connectivity index (χ3v) is 8.76. The highest BCUT2D eigenvalue weighted by molar-refractivity contribution is 7.20. The molecule has 1 aliphatic carbocycles. The normalized spacial score (nSPS) is 14.8. The van der Waals surface area contributed by atoms with E-state index >= 15 is 0 Å². The van der Waals surface area contributed by atoms with Gasteiger partial charge < -0.3 is 19.7 Å². The molecule has 0 aliphatic heterocycles. The van der Waals surface area contributed by atoms with Crippen LogP contribution in [0.1, 0.15) is 60.0 Å². The minimum Gasteiger partial charge on any atom is -0.456 e.